The number of anilines is 2. The Hall–Kier alpha value is -2.26. The van der Waals surface area contributed by atoms with E-state index in [1.54, 1.807) is 23.3 Å². The van der Waals surface area contributed by atoms with Gasteiger partial charge in [0.05, 0.1) is 6.10 Å². The normalized spacial score (nSPS) is 17.9. The number of aromatic nitrogens is 5. The van der Waals surface area contributed by atoms with Crippen LogP contribution in [-0.2, 0) is 4.74 Å². The number of nitrogen functional groups attached to an aromatic ring is 1. The molecule has 3 N–H and O–H groups in total. The van der Waals surface area contributed by atoms with Gasteiger partial charge in [0.1, 0.15) is 6.33 Å². The van der Waals surface area contributed by atoms with E-state index in [2.05, 4.69) is 25.4 Å². The first-order chi connectivity index (χ1) is 10.3. The molecule has 1 unspecified atom stereocenters. The number of nitrogens with two attached hydrogens (primary N) is 1. The topological polar surface area (TPSA) is 107 Å². The van der Waals surface area contributed by atoms with Gasteiger partial charge in [-0.2, -0.15) is 15.0 Å². The Labute approximate surface area is 122 Å². The van der Waals surface area contributed by atoms with Crippen LogP contribution in [0, 0.1) is 0 Å². The highest BCUT2D eigenvalue weighted by molar-refractivity contribution is 5.39. The second-order valence-corrected chi connectivity index (χ2v) is 4.89. The van der Waals surface area contributed by atoms with Crippen LogP contribution in [-0.4, -0.2) is 50.8 Å². The first-order valence-corrected chi connectivity index (χ1v) is 6.80. The van der Waals surface area contributed by atoms with Gasteiger partial charge in [-0.25, -0.2) is 10.8 Å². The highest BCUT2D eigenvalue weighted by Crippen LogP contribution is 2.16. The molecule has 112 valence electrons. The van der Waals surface area contributed by atoms with Gasteiger partial charge in [-0.05, 0) is 12.8 Å². The lowest BCUT2D eigenvalue weighted by Crippen LogP contribution is -2.30. The minimum Gasteiger partial charge on any atom is -0.376 e. The van der Waals surface area contributed by atoms with Crippen LogP contribution < -0.4 is 16.2 Å². The zero-order chi connectivity index (χ0) is 14.7. The number of hydrogen-bond acceptors (Lipinski definition) is 8. The summed E-state index contributed by atoms with van der Waals surface area (Å²) in [5.41, 5.74) is 2.46. The first-order valence-electron chi connectivity index (χ1n) is 6.80. The maximum Gasteiger partial charge on any atom is 0.243 e. The molecule has 3 heterocycles. The van der Waals surface area contributed by atoms with E-state index in [0.717, 1.165) is 26.0 Å². The maximum absolute atomic E-state index is 5.64. The van der Waals surface area contributed by atoms with Crippen LogP contribution >= 0.6 is 0 Å². The van der Waals surface area contributed by atoms with Gasteiger partial charge >= 0.3 is 0 Å². The van der Waals surface area contributed by atoms with Gasteiger partial charge in [0.25, 0.3) is 0 Å². The molecule has 0 spiro atoms. The number of likely N-dealkylation sites (N-methyl/N-ethyl adjacent to an activating group) is 1. The molecule has 1 saturated heterocycles. The second kappa shape index (κ2) is 6.02. The summed E-state index contributed by atoms with van der Waals surface area (Å²) in [5.74, 6) is 6.74. The van der Waals surface area contributed by atoms with E-state index in [4.69, 9.17) is 10.6 Å². The Morgan fingerprint density at radius 2 is 2.38 bits per heavy atom. The predicted molar refractivity (Wildman–Crippen MR) is 77.0 cm³/mol. The van der Waals surface area contributed by atoms with Gasteiger partial charge in [0, 0.05) is 32.6 Å². The van der Waals surface area contributed by atoms with E-state index < -0.39 is 0 Å². The van der Waals surface area contributed by atoms with Gasteiger partial charge in [0.15, 0.2) is 0 Å². The van der Waals surface area contributed by atoms with Crippen LogP contribution in [0.15, 0.2) is 18.7 Å². The Morgan fingerprint density at radius 1 is 1.48 bits per heavy atom. The Bertz CT molecular complexity index is 581. The Balaban J connectivity index is 1.84. The van der Waals surface area contributed by atoms with E-state index >= 15 is 0 Å². The summed E-state index contributed by atoms with van der Waals surface area (Å²) in [6.45, 7) is 1.56. The molecule has 9 heteroatoms. The molecule has 0 aromatic carbocycles. The van der Waals surface area contributed by atoms with Gasteiger partial charge in [-0.3, -0.25) is 9.99 Å². The van der Waals surface area contributed by atoms with Crippen LogP contribution in [0.3, 0.4) is 0 Å². The van der Waals surface area contributed by atoms with Crippen molar-refractivity contribution in [3.63, 3.8) is 0 Å². The summed E-state index contributed by atoms with van der Waals surface area (Å²) >= 11 is 0. The molecule has 1 aliphatic rings. The molecule has 1 aliphatic heterocycles. The molecule has 0 aliphatic carbocycles. The number of nitrogens with zero attached hydrogens (tertiary/aromatic N) is 6. The molecule has 3 rings (SSSR count). The molecule has 0 bridgehead atoms. The fraction of sp³-hybridized carbons (Fsp3) is 0.500. The zero-order valence-corrected chi connectivity index (χ0v) is 11.8. The van der Waals surface area contributed by atoms with Crippen molar-refractivity contribution < 1.29 is 4.74 Å². The fourth-order valence-electron chi connectivity index (χ4n) is 2.26. The van der Waals surface area contributed by atoms with Crippen molar-refractivity contribution in [2.24, 2.45) is 5.84 Å². The van der Waals surface area contributed by atoms with Gasteiger partial charge in [-0.15, -0.1) is 0 Å². The average Bonchev–Trinajstić information content (AvgIpc) is 3.20. The summed E-state index contributed by atoms with van der Waals surface area (Å²) in [5, 5.41) is 0. The van der Waals surface area contributed by atoms with Crippen molar-refractivity contribution >= 4 is 11.9 Å². The Kier molecular flexibility index (Phi) is 3.93. The third-order valence-corrected chi connectivity index (χ3v) is 3.32. The standard InChI is InChI=1S/C12H18N8O/c1-19(7-9-3-2-6-21-9)11-15-10(18-13)16-12(17-11)20-5-4-14-8-20/h4-5,8-9H,2-3,6-7,13H2,1H3,(H,15,16,17,18). The average molecular weight is 290 g/mol. The van der Waals surface area contributed by atoms with Crippen LogP contribution in [0.4, 0.5) is 11.9 Å². The molecule has 2 aromatic rings. The molecule has 0 amide bonds. The number of rotatable bonds is 5. The van der Waals surface area contributed by atoms with Crippen LogP contribution in [0.2, 0.25) is 0 Å². The lowest BCUT2D eigenvalue weighted by atomic mass is 10.2. The van der Waals surface area contributed by atoms with Gasteiger partial charge in [0.2, 0.25) is 17.8 Å². The van der Waals surface area contributed by atoms with Gasteiger partial charge in [-0.1, -0.05) is 0 Å². The maximum atomic E-state index is 5.64. The quantitative estimate of drug-likeness (QED) is 0.583. The van der Waals surface area contributed by atoms with Crippen molar-refractivity contribution in [2.45, 2.75) is 18.9 Å². The van der Waals surface area contributed by atoms with Crippen molar-refractivity contribution in [2.75, 3.05) is 30.5 Å². The lowest BCUT2D eigenvalue weighted by molar-refractivity contribution is 0.116. The van der Waals surface area contributed by atoms with E-state index in [9.17, 15) is 0 Å². The zero-order valence-electron chi connectivity index (χ0n) is 11.8. The minimum absolute atomic E-state index is 0.220. The second-order valence-electron chi connectivity index (χ2n) is 4.89. The van der Waals surface area contributed by atoms with Crippen LogP contribution in [0.5, 0.6) is 0 Å². The number of hydrogen-bond donors (Lipinski definition) is 2. The third-order valence-electron chi connectivity index (χ3n) is 3.32. The summed E-state index contributed by atoms with van der Waals surface area (Å²) in [6, 6.07) is 0. The summed E-state index contributed by atoms with van der Waals surface area (Å²) in [4.78, 5) is 18.9. The highest BCUT2D eigenvalue weighted by atomic mass is 16.5. The van der Waals surface area contributed by atoms with Crippen molar-refractivity contribution in [1.29, 1.82) is 0 Å². The lowest BCUT2D eigenvalue weighted by Gasteiger charge is -2.21. The molecule has 2 aromatic heterocycles. The van der Waals surface area contributed by atoms with Gasteiger partial charge < -0.3 is 9.64 Å². The largest absolute Gasteiger partial charge is 0.376 e. The molecule has 1 atom stereocenters. The minimum atomic E-state index is 0.220. The number of nitrogens with one attached hydrogen (secondary N) is 1. The van der Waals surface area contributed by atoms with Crippen molar-refractivity contribution in [3.05, 3.63) is 18.7 Å². The predicted octanol–water partition coefficient (Wildman–Crippen LogP) is -0.0419. The molecule has 9 nitrogen and oxygen atoms in total. The molecular weight excluding hydrogens is 272 g/mol. The smallest absolute Gasteiger partial charge is 0.243 e. The fourth-order valence-corrected chi connectivity index (χ4v) is 2.26. The highest BCUT2D eigenvalue weighted by Gasteiger charge is 2.19. The number of ether oxygens (including phenoxy) is 1. The molecule has 1 fully saturated rings. The monoisotopic (exact) mass is 290 g/mol. The van der Waals surface area contributed by atoms with E-state index in [0.29, 0.717) is 17.8 Å². The molecule has 21 heavy (non-hydrogen) atoms. The molecular formula is C12H18N8O. The number of hydrazine groups is 1. The van der Waals surface area contributed by atoms with Crippen molar-refractivity contribution in [1.82, 2.24) is 24.5 Å². The van der Waals surface area contributed by atoms with Crippen LogP contribution in [0.1, 0.15) is 12.8 Å². The van der Waals surface area contributed by atoms with E-state index in [1.807, 2.05) is 11.9 Å². The summed E-state index contributed by atoms with van der Waals surface area (Å²) in [6.07, 6.45) is 7.43. The third kappa shape index (κ3) is 3.09. The summed E-state index contributed by atoms with van der Waals surface area (Å²) < 4.78 is 7.34. The van der Waals surface area contributed by atoms with E-state index in [-0.39, 0.29) is 6.10 Å². The van der Waals surface area contributed by atoms with E-state index in [1.165, 1.54) is 0 Å². The van der Waals surface area contributed by atoms with Crippen LogP contribution in [0.25, 0.3) is 5.95 Å². The summed E-state index contributed by atoms with van der Waals surface area (Å²) in [7, 11) is 1.93. The Morgan fingerprint density at radius 3 is 3.05 bits per heavy atom. The first kappa shape index (κ1) is 13.7. The number of imidazole rings is 1. The SMILES string of the molecule is CN(CC1CCCO1)c1nc(NN)nc(-n2ccnc2)n1. The molecule has 0 saturated carbocycles. The van der Waals surface area contributed by atoms with Crippen molar-refractivity contribution in [3.8, 4) is 5.95 Å². The molecule has 0 radical (unpaired) electrons.